The van der Waals surface area contributed by atoms with E-state index in [-0.39, 0.29) is 5.91 Å². The van der Waals surface area contributed by atoms with E-state index in [4.69, 9.17) is 9.47 Å². The fourth-order valence-electron chi connectivity index (χ4n) is 2.99. The normalized spacial score (nSPS) is 16.4. The van der Waals surface area contributed by atoms with Crippen molar-refractivity contribution >= 4 is 5.91 Å². The van der Waals surface area contributed by atoms with E-state index in [1.54, 1.807) is 32.4 Å². The second-order valence-corrected chi connectivity index (χ2v) is 6.35. The Balaban J connectivity index is 1.86. The van der Waals surface area contributed by atoms with Crippen molar-refractivity contribution < 1.29 is 14.3 Å². The first kappa shape index (κ1) is 17.6. The number of hydrogen-bond donors (Lipinski definition) is 1. The van der Waals surface area contributed by atoms with E-state index in [9.17, 15) is 4.79 Å². The van der Waals surface area contributed by atoms with Gasteiger partial charge >= 0.3 is 0 Å². The standard InChI is InChI=1S/C18H28N2O3/c1-13(2)20-9-7-14(8-10-20)12-19-18(21)15-5-6-16(22-3)17(11-15)23-4/h5-6,11,13-14H,7-10,12H2,1-4H3,(H,19,21). The molecule has 0 bridgehead atoms. The van der Waals surface area contributed by atoms with E-state index >= 15 is 0 Å². The molecule has 23 heavy (non-hydrogen) atoms. The maximum Gasteiger partial charge on any atom is 0.251 e. The summed E-state index contributed by atoms with van der Waals surface area (Å²) in [5.41, 5.74) is 0.599. The topological polar surface area (TPSA) is 50.8 Å². The highest BCUT2D eigenvalue weighted by Gasteiger charge is 2.21. The Hall–Kier alpha value is -1.75. The molecule has 5 nitrogen and oxygen atoms in total. The van der Waals surface area contributed by atoms with Crippen LogP contribution in [0, 0.1) is 5.92 Å². The predicted molar refractivity (Wildman–Crippen MR) is 91.3 cm³/mol. The molecule has 1 amide bonds. The van der Waals surface area contributed by atoms with Crippen molar-refractivity contribution in [3.05, 3.63) is 23.8 Å². The maximum absolute atomic E-state index is 12.3. The van der Waals surface area contributed by atoms with Gasteiger partial charge in [0.05, 0.1) is 14.2 Å². The molecule has 0 atom stereocenters. The van der Waals surface area contributed by atoms with Crippen LogP contribution < -0.4 is 14.8 Å². The summed E-state index contributed by atoms with van der Waals surface area (Å²) in [6.07, 6.45) is 2.29. The fraction of sp³-hybridized carbons (Fsp3) is 0.611. The average Bonchev–Trinajstić information content (AvgIpc) is 2.59. The first-order valence-electron chi connectivity index (χ1n) is 8.29. The number of benzene rings is 1. The number of nitrogens with one attached hydrogen (secondary N) is 1. The van der Waals surface area contributed by atoms with Gasteiger partial charge in [0, 0.05) is 18.2 Å². The molecule has 0 aliphatic carbocycles. The number of carbonyl (C=O) groups excluding carboxylic acids is 1. The van der Waals surface area contributed by atoms with Crippen molar-refractivity contribution in [3.63, 3.8) is 0 Å². The number of methoxy groups -OCH3 is 2. The number of likely N-dealkylation sites (tertiary alicyclic amines) is 1. The van der Waals surface area contributed by atoms with Gasteiger partial charge in [-0.3, -0.25) is 4.79 Å². The summed E-state index contributed by atoms with van der Waals surface area (Å²) in [4.78, 5) is 14.8. The van der Waals surface area contributed by atoms with Crippen molar-refractivity contribution in [2.24, 2.45) is 5.92 Å². The summed E-state index contributed by atoms with van der Waals surface area (Å²) < 4.78 is 10.4. The van der Waals surface area contributed by atoms with E-state index in [1.807, 2.05) is 0 Å². The van der Waals surface area contributed by atoms with Gasteiger partial charge in [0.25, 0.3) is 5.91 Å². The van der Waals surface area contributed by atoms with Crippen molar-refractivity contribution in [3.8, 4) is 11.5 Å². The van der Waals surface area contributed by atoms with Crippen LogP contribution in [0.25, 0.3) is 0 Å². The number of ether oxygens (including phenoxy) is 2. The van der Waals surface area contributed by atoms with Crippen LogP contribution in [-0.4, -0.2) is 50.7 Å². The number of amides is 1. The zero-order valence-electron chi connectivity index (χ0n) is 14.6. The van der Waals surface area contributed by atoms with Gasteiger partial charge in [-0.2, -0.15) is 0 Å². The van der Waals surface area contributed by atoms with Crippen molar-refractivity contribution in [1.82, 2.24) is 10.2 Å². The Kier molecular flexibility index (Phi) is 6.28. The average molecular weight is 320 g/mol. The Morgan fingerprint density at radius 2 is 1.87 bits per heavy atom. The minimum Gasteiger partial charge on any atom is -0.493 e. The first-order chi connectivity index (χ1) is 11.0. The van der Waals surface area contributed by atoms with Gasteiger partial charge in [-0.15, -0.1) is 0 Å². The maximum atomic E-state index is 12.3. The van der Waals surface area contributed by atoms with Gasteiger partial charge in [-0.1, -0.05) is 0 Å². The number of nitrogens with zero attached hydrogens (tertiary/aromatic N) is 1. The smallest absolute Gasteiger partial charge is 0.251 e. The molecule has 0 aromatic heterocycles. The Morgan fingerprint density at radius 3 is 2.43 bits per heavy atom. The molecule has 1 aliphatic heterocycles. The van der Waals surface area contributed by atoms with Crippen molar-refractivity contribution in [2.45, 2.75) is 32.7 Å². The van der Waals surface area contributed by atoms with E-state index in [0.717, 1.165) is 32.5 Å². The van der Waals surface area contributed by atoms with Crippen LogP contribution in [0.2, 0.25) is 0 Å². The largest absolute Gasteiger partial charge is 0.493 e. The lowest BCUT2D eigenvalue weighted by Gasteiger charge is -2.34. The van der Waals surface area contributed by atoms with Crippen LogP contribution in [0.3, 0.4) is 0 Å². The number of hydrogen-bond acceptors (Lipinski definition) is 4. The lowest BCUT2D eigenvalue weighted by molar-refractivity contribution is 0.0929. The molecule has 1 N–H and O–H groups in total. The molecule has 0 spiro atoms. The van der Waals surface area contributed by atoms with Gasteiger partial charge in [0.1, 0.15) is 0 Å². The summed E-state index contributed by atoms with van der Waals surface area (Å²) in [6.45, 7) is 7.45. The molecule has 5 heteroatoms. The molecule has 128 valence electrons. The SMILES string of the molecule is COc1ccc(C(=O)NCC2CCN(C(C)C)CC2)cc1OC. The van der Waals surface area contributed by atoms with Crippen molar-refractivity contribution in [1.29, 1.82) is 0 Å². The Labute approximate surface area is 139 Å². The summed E-state index contributed by atoms with van der Waals surface area (Å²) in [5.74, 6) is 1.71. The highest BCUT2D eigenvalue weighted by atomic mass is 16.5. The number of rotatable bonds is 6. The second-order valence-electron chi connectivity index (χ2n) is 6.35. The molecule has 1 aliphatic rings. The molecule has 0 saturated carbocycles. The summed E-state index contributed by atoms with van der Waals surface area (Å²) in [5, 5.41) is 3.05. The monoisotopic (exact) mass is 320 g/mol. The summed E-state index contributed by atoms with van der Waals surface area (Å²) in [6, 6.07) is 5.85. The predicted octanol–water partition coefficient (Wildman–Crippen LogP) is 2.55. The Morgan fingerprint density at radius 1 is 1.22 bits per heavy atom. The lowest BCUT2D eigenvalue weighted by atomic mass is 9.96. The summed E-state index contributed by atoms with van der Waals surface area (Å²) in [7, 11) is 3.16. The zero-order chi connectivity index (χ0) is 16.8. The van der Waals surface area contributed by atoms with Crippen LogP contribution in [0.4, 0.5) is 0 Å². The lowest BCUT2D eigenvalue weighted by Crippen LogP contribution is -2.41. The molecule has 0 unspecified atom stereocenters. The van der Waals surface area contributed by atoms with E-state index < -0.39 is 0 Å². The number of carbonyl (C=O) groups is 1. The van der Waals surface area contributed by atoms with E-state index in [1.165, 1.54) is 0 Å². The van der Waals surface area contributed by atoms with Crippen LogP contribution in [0.1, 0.15) is 37.0 Å². The highest BCUT2D eigenvalue weighted by molar-refractivity contribution is 5.94. The third kappa shape index (κ3) is 4.61. The van der Waals surface area contributed by atoms with Gasteiger partial charge in [0.2, 0.25) is 0 Å². The quantitative estimate of drug-likeness (QED) is 0.875. The highest BCUT2D eigenvalue weighted by Crippen LogP contribution is 2.27. The van der Waals surface area contributed by atoms with Gasteiger partial charge in [-0.05, 0) is 63.9 Å². The van der Waals surface area contributed by atoms with Gasteiger partial charge < -0.3 is 19.7 Å². The molecule has 1 aromatic carbocycles. The molecular formula is C18H28N2O3. The Bertz CT molecular complexity index is 523. The van der Waals surface area contributed by atoms with Crippen LogP contribution in [0.5, 0.6) is 11.5 Å². The van der Waals surface area contributed by atoms with E-state index in [0.29, 0.717) is 29.0 Å². The molecule has 2 rings (SSSR count). The first-order valence-corrected chi connectivity index (χ1v) is 8.29. The summed E-state index contributed by atoms with van der Waals surface area (Å²) >= 11 is 0. The van der Waals surface area contributed by atoms with E-state index in [2.05, 4.69) is 24.1 Å². The third-order valence-electron chi connectivity index (χ3n) is 4.58. The molecule has 0 radical (unpaired) electrons. The van der Waals surface area contributed by atoms with Gasteiger partial charge in [-0.25, -0.2) is 0 Å². The second kappa shape index (κ2) is 8.20. The fourth-order valence-corrected chi connectivity index (χ4v) is 2.99. The minimum absolute atomic E-state index is 0.0581. The molecule has 1 aromatic rings. The zero-order valence-corrected chi connectivity index (χ0v) is 14.6. The molecular weight excluding hydrogens is 292 g/mol. The third-order valence-corrected chi connectivity index (χ3v) is 4.58. The molecule has 1 saturated heterocycles. The minimum atomic E-state index is -0.0581. The van der Waals surface area contributed by atoms with Crippen LogP contribution >= 0.6 is 0 Å². The number of piperidine rings is 1. The van der Waals surface area contributed by atoms with Crippen LogP contribution in [0.15, 0.2) is 18.2 Å². The van der Waals surface area contributed by atoms with Crippen molar-refractivity contribution in [2.75, 3.05) is 33.9 Å². The van der Waals surface area contributed by atoms with Gasteiger partial charge in [0.15, 0.2) is 11.5 Å². The van der Waals surface area contributed by atoms with Crippen LogP contribution in [-0.2, 0) is 0 Å². The molecule has 1 heterocycles. The molecule has 1 fully saturated rings.